The highest BCUT2D eigenvalue weighted by Gasteiger charge is 2.26. The van der Waals surface area contributed by atoms with Gasteiger partial charge in [0.05, 0.1) is 17.2 Å². The molecular formula is C25H30N4O3. The second-order valence-corrected chi connectivity index (χ2v) is 8.78. The van der Waals surface area contributed by atoms with Crippen LogP contribution in [-0.2, 0) is 17.7 Å². The zero-order valence-electron chi connectivity index (χ0n) is 18.4. The number of aromatic nitrogens is 2. The summed E-state index contributed by atoms with van der Waals surface area (Å²) in [4.78, 5) is 17.8. The number of nitrogens with zero attached hydrogens (tertiary/aromatic N) is 2. The van der Waals surface area contributed by atoms with Crippen molar-refractivity contribution in [1.82, 2.24) is 20.2 Å². The molecule has 3 N–H and O–H groups in total. The summed E-state index contributed by atoms with van der Waals surface area (Å²) in [5, 5.41) is 17.0. The van der Waals surface area contributed by atoms with Crippen LogP contribution in [0.2, 0.25) is 0 Å². The van der Waals surface area contributed by atoms with Crippen LogP contribution in [0.3, 0.4) is 0 Å². The molecule has 0 spiro atoms. The summed E-state index contributed by atoms with van der Waals surface area (Å²) < 4.78 is 7.75. The molecule has 5 rings (SSSR count). The molecule has 0 saturated carbocycles. The number of ether oxygens (including phenoxy) is 1. The zero-order chi connectivity index (χ0) is 22.1. The Morgan fingerprint density at radius 1 is 1.22 bits per heavy atom. The number of carbonyl (C=O) groups is 1. The predicted molar refractivity (Wildman–Crippen MR) is 123 cm³/mol. The molecular weight excluding hydrogens is 404 g/mol. The fraction of sp³-hybridized carbons (Fsp3) is 0.440. The first kappa shape index (κ1) is 21.1. The van der Waals surface area contributed by atoms with Crippen molar-refractivity contribution in [2.75, 3.05) is 19.8 Å². The van der Waals surface area contributed by atoms with Crippen LogP contribution in [0, 0.1) is 6.92 Å². The topological polar surface area (TPSA) is 88.4 Å². The van der Waals surface area contributed by atoms with Gasteiger partial charge in [-0.05, 0) is 49.4 Å². The Morgan fingerprint density at radius 3 is 2.81 bits per heavy atom. The maximum Gasteiger partial charge on any atom is 0.253 e. The molecule has 1 aromatic heterocycles. The lowest BCUT2D eigenvalue weighted by Gasteiger charge is -2.30. The molecule has 2 aliphatic heterocycles. The van der Waals surface area contributed by atoms with E-state index >= 15 is 0 Å². The number of hydrogen-bond donors (Lipinski definition) is 3. The minimum absolute atomic E-state index is 0.0871. The number of amides is 1. The van der Waals surface area contributed by atoms with Crippen molar-refractivity contribution in [2.45, 2.75) is 50.9 Å². The molecule has 1 fully saturated rings. The van der Waals surface area contributed by atoms with Crippen molar-refractivity contribution in [2.24, 2.45) is 0 Å². The number of nitrogens with one attached hydrogen (secondary N) is 2. The predicted octanol–water partition coefficient (Wildman–Crippen LogP) is 2.50. The van der Waals surface area contributed by atoms with Crippen molar-refractivity contribution in [3.8, 4) is 0 Å². The molecule has 32 heavy (non-hydrogen) atoms. The van der Waals surface area contributed by atoms with Crippen LogP contribution in [0.4, 0.5) is 0 Å². The van der Waals surface area contributed by atoms with Crippen LogP contribution in [-0.4, -0.2) is 52.5 Å². The minimum atomic E-state index is -0.673. The first-order valence-corrected chi connectivity index (χ1v) is 11.4. The van der Waals surface area contributed by atoms with Gasteiger partial charge in [0.15, 0.2) is 0 Å². The number of aliphatic hydroxyl groups excluding tert-OH is 1. The van der Waals surface area contributed by atoms with E-state index in [2.05, 4.69) is 27.3 Å². The highest BCUT2D eigenvalue weighted by atomic mass is 16.5. The first-order valence-electron chi connectivity index (χ1n) is 11.4. The van der Waals surface area contributed by atoms with Gasteiger partial charge in [0.1, 0.15) is 11.3 Å². The Labute approximate surface area is 187 Å². The first-order chi connectivity index (χ1) is 15.6. The number of rotatable bonds is 5. The fourth-order valence-corrected chi connectivity index (χ4v) is 5.01. The average molecular weight is 435 g/mol. The molecule has 3 heterocycles. The molecule has 2 atom stereocenters. The number of benzene rings is 2. The van der Waals surface area contributed by atoms with Crippen molar-refractivity contribution in [1.29, 1.82) is 0 Å². The molecule has 7 nitrogen and oxygen atoms in total. The average Bonchev–Trinajstić information content (AvgIpc) is 3.18. The van der Waals surface area contributed by atoms with Gasteiger partial charge in [-0.15, -0.1) is 0 Å². The number of fused-ring (bicyclic) bond motifs is 2. The van der Waals surface area contributed by atoms with E-state index in [0.717, 1.165) is 50.4 Å². The van der Waals surface area contributed by atoms with Crippen molar-refractivity contribution in [3.63, 3.8) is 0 Å². The Balaban J connectivity index is 1.29. The molecule has 3 aromatic rings. The number of imidazole rings is 1. The lowest BCUT2D eigenvalue weighted by atomic mass is 9.93. The standard InChI is InChI=1S/C25H30N4O3/c1-16-28-24-20(7-4-8-22(24)29(16)19-9-11-32-12-10-19)25(31)27-15-23(30)21-13-17-5-2-3-6-18(17)14-26-21/h2-8,19,21,23,26,30H,9-15H2,1H3,(H,27,31). The SMILES string of the molecule is Cc1nc2c(C(=O)NCC(O)C3Cc4ccccc4CN3)cccc2n1C1CCOCC1. The number of para-hydroxylation sites is 1. The Bertz CT molecular complexity index is 1120. The fourth-order valence-electron chi connectivity index (χ4n) is 5.01. The molecule has 0 radical (unpaired) electrons. The molecule has 1 saturated heterocycles. The summed E-state index contributed by atoms with van der Waals surface area (Å²) in [6.45, 7) is 4.42. The lowest BCUT2D eigenvalue weighted by molar-refractivity contribution is 0.0701. The van der Waals surface area contributed by atoms with E-state index in [9.17, 15) is 9.90 Å². The van der Waals surface area contributed by atoms with Crippen LogP contribution >= 0.6 is 0 Å². The smallest absolute Gasteiger partial charge is 0.253 e. The molecule has 0 bridgehead atoms. The third-order valence-electron chi connectivity index (χ3n) is 6.75. The van der Waals surface area contributed by atoms with E-state index in [1.165, 1.54) is 11.1 Å². The summed E-state index contributed by atoms with van der Waals surface area (Å²) in [5.41, 5.74) is 4.76. The van der Waals surface area contributed by atoms with Gasteiger partial charge in [-0.25, -0.2) is 4.98 Å². The van der Waals surface area contributed by atoms with Gasteiger partial charge in [0.25, 0.3) is 5.91 Å². The van der Waals surface area contributed by atoms with Gasteiger partial charge in [-0.1, -0.05) is 30.3 Å². The molecule has 168 valence electrons. The van der Waals surface area contributed by atoms with Gasteiger partial charge < -0.3 is 25.0 Å². The Hall–Kier alpha value is -2.74. The zero-order valence-corrected chi connectivity index (χ0v) is 18.4. The monoisotopic (exact) mass is 434 g/mol. The summed E-state index contributed by atoms with van der Waals surface area (Å²) in [5.74, 6) is 0.708. The van der Waals surface area contributed by atoms with E-state index in [1.807, 2.05) is 31.2 Å². The van der Waals surface area contributed by atoms with Gasteiger partial charge in [-0.3, -0.25) is 4.79 Å². The summed E-state index contributed by atoms with van der Waals surface area (Å²) >= 11 is 0. The second-order valence-electron chi connectivity index (χ2n) is 8.78. The number of aryl methyl sites for hydroxylation is 1. The van der Waals surface area contributed by atoms with Crippen LogP contribution in [0.25, 0.3) is 11.0 Å². The lowest BCUT2D eigenvalue weighted by Crippen LogP contribution is -2.49. The van der Waals surface area contributed by atoms with E-state index in [4.69, 9.17) is 9.72 Å². The van der Waals surface area contributed by atoms with E-state index in [-0.39, 0.29) is 18.5 Å². The van der Waals surface area contributed by atoms with E-state index in [0.29, 0.717) is 17.1 Å². The Morgan fingerprint density at radius 2 is 2.00 bits per heavy atom. The molecule has 2 aliphatic rings. The summed E-state index contributed by atoms with van der Waals surface area (Å²) in [6.07, 6.45) is 1.98. The summed E-state index contributed by atoms with van der Waals surface area (Å²) in [7, 11) is 0. The number of aliphatic hydroxyl groups is 1. The van der Waals surface area contributed by atoms with E-state index < -0.39 is 6.10 Å². The highest BCUT2D eigenvalue weighted by Crippen LogP contribution is 2.29. The van der Waals surface area contributed by atoms with Gasteiger partial charge in [-0.2, -0.15) is 0 Å². The summed E-state index contributed by atoms with van der Waals surface area (Å²) in [6, 6.07) is 14.3. The quantitative estimate of drug-likeness (QED) is 0.574. The molecule has 1 amide bonds. The number of carbonyl (C=O) groups excluding carboxylic acids is 1. The highest BCUT2D eigenvalue weighted by molar-refractivity contribution is 6.05. The molecule has 2 aromatic carbocycles. The maximum absolute atomic E-state index is 13.0. The second kappa shape index (κ2) is 9.02. The van der Waals surface area contributed by atoms with Crippen molar-refractivity contribution in [3.05, 3.63) is 65.0 Å². The largest absolute Gasteiger partial charge is 0.390 e. The van der Waals surface area contributed by atoms with Gasteiger partial charge >= 0.3 is 0 Å². The normalized spacial score (nSPS) is 20.1. The van der Waals surface area contributed by atoms with Gasteiger partial charge in [0, 0.05) is 38.4 Å². The van der Waals surface area contributed by atoms with E-state index in [1.54, 1.807) is 6.07 Å². The van der Waals surface area contributed by atoms with Crippen LogP contribution in [0.1, 0.15) is 46.2 Å². The van der Waals surface area contributed by atoms with Crippen LogP contribution in [0.5, 0.6) is 0 Å². The molecule has 7 heteroatoms. The third-order valence-corrected chi connectivity index (χ3v) is 6.75. The molecule has 0 aliphatic carbocycles. The third kappa shape index (κ3) is 4.03. The van der Waals surface area contributed by atoms with Crippen molar-refractivity contribution >= 4 is 16.9 Å². The van der Waals surface area contributed by atoms with Gasteiger partial charge in [0.2, 0.25) is 0 Å². The van der Waals surface area contributed by atoms with Crippen LogP contribution in [0.15, 0.2) is 42.5 Å². The maximum atomic E-state index is 13.0. The molecule has 2 unspecified atom stereocenters. The minimum Gasteiger partial charge on any atom is -0.390 e. The Kier molecular flexibility index (Phi) is 5.95. The van der Waals surface area contributed by atoms with Crippen molar-refractivity contribution < 1.29 is 14.6 Å². The number of hydrogen-bond acceptors (Lipinski definition) is 5. The van der Waals surface area contributed by atoms with Crippen LogP contribution < -0.4 is 10.6 Å².